The molecule has 0 radical (unpaired) electrons. The number of hydrogen-bond donors (Lipinski definition) is 0. The van der Waals surface area contributed by atoms with Crippen LogP contribution in [0.15, 0.2) is 23.8 Å². The maximum atomic E-state index is 12.5. The predicted octanol–water partition coefficient (Wildman–Crippen LogP) is 6.52. The fourth-order valence-corrected chi connectivity index (χ4v) is 4.78. The van der Waals surface area contributed by atoms with Gasteiger partial charge < -0.3 is 9.47 Å². The normalized spacial score (nSPS) is 21.1. The second-order valence-electron chi connectivity index (χ2n) is 9.56. The summed E-state index contributed by atoms with van der Waals surface area (Å²) in [6, 6.07) is 4.27. The molecule has 2 atom stereocenters. The number of rotatable bonds is 7. The second-order valence-corrected chi connectivity index (χ2v) is 9.56. The van der Waals surface area contributed by atoms with E-state index in [9.17, 15) is 4.79 Å². The third-order valence-electron chi connectivity index (χ3n) is 6.25. The highest BCUT2D eigenvalue weighted by atomic mass is 16.5. The Labute approximate surface area is 190 Å². The smallest absolute Gasteiger partial charge is 0.325 e. The lowest BCUT2D eigenvalue weighted by atomic mass is 9.68. The van der Waals surface area contributed by atoms with Crippen molar-refractivity contribution < 1.29 is 14.3 Å². The maximum Gasteiger partial charge on any atom is 0.325 e. The molecule has 0 saturated carbocycles. The number of ether oxygens (including phenoxy) is 2. The zero-order valence-electron chi connectivity index (χ0n) is 21.0. The van der Waals surface area contributed by atoms with E-state index < -0.39 is 0 Å². The van der Waals surface area contributed by atoms with Crippen LogP contribution in [0, 0.1) is 5.92 Å². The lowest BCUT2D eigenvalue weighted by Crippen LogP contribution is -2.45. The van der Waals surface area contributed by atoms with Gasteiger partial charge in [0.05, 0.1) is 6.54 Å². The SMILES string of the molecule is CC.CCCCCc1cc(OC(=O)CN(C)C)c2c(c1)OC(C)(C)C1CCC(C)=C[C@@H]21. The van der Waals surface area contributed by atoms with Crippen LogP contribution in [0.5, 0.6) is 11.5 Å². The zero-order valence-corrected chi connectivity index (χ0v) is 21.0. The summed E-state index contributed by atoms with van der Waals surface area (Å²) in [4.78, 5) is 14.4. The molecule has 0 bridgehead atoms. The molecule has 2 aliphatic rings. The van der Waals surface area contributed by atoms with Crippen LogP contribution < -0.4 is 9.47 Å². The van der Waals surface area contributed by atoms with Gasteiger partial charge in [0.2, 0.25) is 0 Å². The van der Waals surface area contributed by atoms with Gasteiger partial charge in [0.25, 0.3) is 0 Å². The fourth-order valence-electron chi connectivity index (χ4n) is 4.78. The molecular weight excluding hydrogens is 386 g/mol. The van der Waals surface area contributed by atoms with Gasteiger partial charge in [0, 0.05) is 17.4 Å². The van der Waals surface area contributed by atoms with Gasteiger partial charge in [-0.1, -0.05) is 45.3 Å². The molecular formula is C27H43NO3. The molecule has 0 N–H and O–H groups in total. The van der Waals surface area contributed by atoms with Crippen molar-refractivity contribution in [1.29, 1.82) is 0 Å². The summed E-state index contributed by atoms with van der Waals surface area (Å²) in [6.45, 7) is 13.1. The number of fused-ring (bicyclic) bond motifs is 3. The number of unbranched alkanes of at least 4 members (excludes halogenated alkanes) is 2. The number of carbonyl (C=O) groups excluding carboxylic acids is 1. The van der Waals surface area contributed by atoms with E-state index in [0.717, 1.165) is 37.0 Å². The summed E-state index contributed by atoms with van der Waals surface area (Å²) >= 11 is 0. The molecule has 4 heteroatoms. The van der Waals surface area contributed by atoms with Crippen molar-refractivity contribution >= 4 is 5.97 Å². The van der Waals surface area contributed by atoms with E-state index in [1.54, 1.807) is 0 Å². The first-order valence-corrected chi connectivity index (χ1v) is 12.1. The summed E-state index contributed by atoms with van der Waals surface area (Å²) in [5, 5.41) is 0. The third kappa shape index (κ3) is 6.35. The highest BCUT2D eigenvalue weighted by Crippen LogP contribution is 2.53. The Morgan fingerprint density at radius 3 is 2.58 bits per heavy atom. The molecule has 0 aromatic heterocycles. The number of allylic oxidation sites excluding steroid dienone is 2. The minimum atomic E-state index is -0.234. The van der Waals surface area contributed by atoms with E-state index in [4.69, 9.17) is 9.47 Å². The number of likely N-dealkylation sites (N-methyl/N-ethyl adjacent to an activating group) is 1. The Kier molecular flexibility index (Phi) is 9.17. The van der Waals surface area contributed by atoms with Gasteiger partial charge in [-0.2, -0.15) is 0 Å². The molecule has 4 nitrogen and oxygen atoms in total. The van der Waals surface area contributed by atoms with Crippen LogP contribution in [-0.2, 0) is 11.2 Å². The van der Waals surface area contributed by atoms with Gasteiger partial charge in [-0.25, -0.2) is 0 Å². The van der Waals surface area contributed by atoms with Crippen molar-refractivity contribution in [3.05, 3.63) is 34.9 Å². The van der Waals surface area contributed by atoms with Gasteiger partial charge in [0.15, 0.2) is 0 Å². The van der Waals surface area contributed by atoms with E-state index >= 15 is 0 Å². The molecule has 1 aromatic carbocycles. The molecule has 31 heavy (non-hydrogen) atoms. The average Bonchev–Trinajstić information content (AvgIpc) is 2.68. The second kappa shape index (κ2) is 11.2. The van der Waals surface area contributed by atoms with Crippen molar-refractivity contribution in [1.82, 2.24) is 4.90 Å². The molecule has 3 rings (SSSR count). The van der Waals surface area contributed by atoms with Gasteiger partial charge in [-0.05, 0) is 78.2 Å². The summed E-state index contributed by atoms with van der Waals surface area (Å²) < 4.78 is 12.5. The number of nitrogens with zero attached hydrogens (tertiary/aromatic N) is 1. The highest BCUT2D eigenvalue weighted by molar-refractivity contribution is 5.75. The van der Waals surface area contributed by atoms with Crippen LogP contribution in [0.2, 0.25) is 0 Å². The Morgan fingerprint density at radius 2 is 1.94 bits per heavy atom. The van der Waals surface area contributed by atoms with Crippen molar-refractivity contribution in [2.75, 3.05) is 20.6 Å². The largest absolute Gasteiger partial charge is 0.487 e. The van der Waals surface area contributed by atoms with Crippen molar-refractivity contribution in [2.45, 2.75) is 91.6 Å². The third-order valence-corrected chi connectivity index (χ3v) is 6.25. The molecule has 174 valence electrons. The van der Waals surface area contributed by atoms with Crippen LogP contribution in [0.1, 0.15) is 90.7 Å². The van der Waals surface area contributed by atoms with E-state index in [1.807, 2.05) is 32.8 Å². The van der Waals surface area contributed by atoms with E-state index in [2.05, 4.69) is 45.9 Å². The average molecular weight is 430 g/mol. The first-order valence-electron chi connectivity index (χ1n) is 12.1. The van der Waals surface area contributed by atoms with Gasteiger partial charge in [0.1, 0.15) is 17.1 Å². The molecule has 1 aromatic rings. The quantitative estimate of drug-likeness (QED) is 0.214. The van der Waals surface area contributed by atoms with Crippen LogP contribution in [-0.4, -0.2) is 37.1 Å². The Bertz CT molecular complexity index is 779. The molecule has 0 fully saturated rings. The van der Waals surface area contributed by atoms with Crippen LogP contribution in [0.25, 0.3) is 0 Å². The molecule has 1 unspecified atom stereocenters. The van der Waals surface area contributed by atoms with Crippen molar-refractivity contribution in [3.63, 3.8) is 0 Å². The zero-order chi connectivity index (χ0) is 23.2. The van der Waals surface area contributed by atoms with E-state index in [0.29, 0.717) is 11.7 Å². The molecule has 1 aliphatic carbocycles. The Balaban J connectivity index is 0.00000166. The standard InChI is InChI=1S/C25H37NO3.C2H6/c1-7-8-9-10-18-14-21(28-23(27)16-26(5)6)24-19-13-17(2)11-12-20(19)25(3,4)29-22(24)15-18;1-2/h13-15,19-20H,7-12,16H2,1-6H3;1-2H3/t19-,20?;/m1./s1. The van der Waals surface area contributed by atoms with Crippen LogP contribution in [0.3, 0.4) is 0 Å². The molecule has 0 amide bonds. The number of hydrogen-bond acceptors (Lipinski definition) is 4. The summed E-state index contributed by atoms with van der Waals surface area (Å²) in [5.74, 6) is 1.98. The molecule has 0 saturated heterocycles. The lowest BCUT2D eigenvalue weighted by Gasteiger charge is -2.46. The number of esters is 1. The summed E-state index contributed by atoms with van der Waals surface area (Å²) in [7, 11) is 3.76. The van der Waals surface area contributed by atoms with E-state index in [-0.39, 0.29) is 24.0 Å². The Morgan fingerprint density at radius 1 is 1.23 bits per heavy atom. The molecule has 1 heterocycles. The first-order chi connectivity index (χ1) is 14.7. The molecule has 0 spiro atoms. The van der Waals surface area contributed by atoms with Crippen molar-refractivity contribution in [3.8, 4) is 11.5 Å². The first kappa shape index (κ1) is 25.5. The van der Waals surface area contributed by atoms with Crippen LogP contribution in [0.4, 0.5) is 0 Å². The number of carbonyl (C=O) groups is 1. The van der Waals surface area contributed by atoms with Crippen LogP contribution >= 0.6 is 0 Å². The summed E-state index contributed by atoms with van der Waals surface area (Å²) in [6.07, 6.45) is 9.08. The minimum Gasteiger partial charge on any atom is -0.487 e. The Hall–Kier alpha value is -1.81. The van der Waals surface area contributed by atoms with Crippen molar-refractivity contribution in [2.24, 2.45) is 5.92 Å². The fraction of sp³-hybridized carbons (Fsp3) is 0.667. The highest BCUT2D eigenvalue weighted by Gasteiger charge is 2.45. The van der Waals surface area contributed by atoms with Gasteiger partial charge >= 0.3 is 5.97 Å². The summed E-state index contributed by atoms with van der Waals surface area (Å²) in [5.41, 5.74) is 3.42. The molecule has 1 aliphatic heterocycles. The predicted molar refractivity (Wildman–Crippen MR) is 129 cm³/mol. The van der Waals surface area contributed by atoms with E-state index in [1.165, 1.54) is 24.0 Å². The number of aryl methyl sites for hydroxylation is 1. The topological polar surface area (TPSA) is 38.8 Å². The number of benzene rings is 1. The lowest BCUT2D eigenvalue weighted by molar-refractivity contribution is -0.135. The minimum absolute atomic E-state index is 0.221. The monoisotopic (exact) mass is 429 g/mol. The van der Waals surface area contributed by atoms with Gasteiger partial charge in [-0.3, -0.25) is 9.69 Å². The maximum absolute atomic E-state index is 12.5. The van der Waals surface area contributed by atoms with Gasteiger partial charge in [-0.15, -0.1) is 0 Å².